The Balaban J connectivity index is 1.87. The number of amides is 3. The Hall–Kier alpha value is -2.37. The molecular formula is C24H34N6O6S4. The standard InChI is InChI=1S/C24H34N6O6S4/c1-15(31)21(29-40-19-8-5-4-7-18(19)30(35)36)24(34)26-11-9-20-27-17(14-39-20)23(33)28-16(13-38-3)22(32)25-10-6-12-37-2/h4-5,7-8,14-16,21,29,31H,6,9-13H2,1-3H3,(H,25,32)(H,26,34)(H,28,33)/t15?,16-,21-/m0/s1. The SMILES string of the molecule is CSCCCNC(=O)[C@H](CSC)NC(=O)c1csc(CCNC(=O)[C@@H](NSc2ccccc2[N+](=O)[O-])C(C)O)n1. The maximum Gasteiger partial charge on any atom is 0.284 e. The van der Waals surface area contributed by atoms with Gasteiger partial charge in [0.2, 0.25) is 11.8 Å². The van der Waals surface area contributed by atoms with E-state index in [-0.39, 0.29) is 23.8 Å². The Morgan fingerprint density at radius 2 is 1.85 bits per heavy atom. The number of nitro benzene ring substituents is 1. The van der Waals surface area contributed by atoms with E-state index >= 15 is 0 Å². The van der Waals surface area contributed by atoms with Gasteiger partial charge in [0.1, 0.15) is 22.7 Å². The Morgan fingerprint density at radius 1 is 1.12 bits per heavy atom. The Morgan fingerprint density at radius 3 is 2.52 bits per heavy atom. The van der Waals surface area contributed by atoms with Crippen molar-refractivity contribution < 1.29 is 24.4 Å². The fourth-order valence-electron chi connectivity index (χ4n) is 3.26. The molecule has 0 fully saturated rings. The molecule has 1 aromatic carbocycles. The Kier molecular flexibility index (Phi) is 15.3. The van der Waals surface area contributed by atoms with E-state index in [1.807, 2.05) is 12.5 Å². The van der Waals surface area contributed by atoms with Crippen molar-refractivity contribution in [2.45, 2.75) is 42.8 Å². The summed E-state index contributed by atoms with van der Waals surface area (Å²) in [6.07, 6.45) is 3.99. The number of aromatic nitrogens is 1. The van der Waals surface area contributed by atoms with E-state index in [0.717, 1.165) is 24.1 Å². The molecule has 3 atom stereocenters. The zero-order valence-electron chi connectivity index (χ0n) is 22.4. The van der Waals surface area contributed by atoms with Crippen molar-refractivity contribution in [3.8, 4) is 0 Å². The molecule has 5 N–H and O–H groups in total. The van der Waals surface area contributed by atoms with Crippen LogP contribution in [0.2, 0.25) is 0 Å². The first-order valence-electron chi connectivity index (χ1n) is 12.3. The molecule has 3 amide bonds. The fraction of sp³-hybridized carbons (Fsp3) is 0.500. The van der Waals surface area contributed by atoms with E-state index in [4.69, 9.17) is 0 Å². The second-order valence-electron chi connectivity index (χ2n) is 8.45. The molecule has 12 nitrogen and oxygen atoms in total. The van der Waals surface area contributed by atoms with Crippen LogP contribution >= 0.6 is 46.8 Å². The van der Waals surface area contributed by atoms with Crippen molar-refractivity contribution in [1.29, 1.82) is 0 Å². The van der Waals surface area contributed by atoms with Gasteiger partial charge in [0.05, 0.1) is 16.0 Å². The summed E-state index contributed by atoms with van der Waals surface area (Å²) < 4.78 is 2.80. The van der Waals surface area contributed by atoms with Crippen molar-refractivity contribution >= 4 is 70.2 Å². The molecule has 2 aromatic rings. The van der Waals surface area contributed by atoms with Crippen LogP contribution in [0.5, 0.6) is 0 Å². The maximum absolute atomic E-state index is 12.7. The monoisotopic (exact) mass is 630 g/mol. The van der Waals surface area contributed by atoms with Crippen LogP contribution in [0.4, 0.5) is 5.69 Å². The molecule has 1 heterocycles. The number of aliphatic hydroxyl groups is 1. The molecule has 1 unspecified atom stereocenters. The van der Waals surface area contributed by atoms with E-state index < -0.39 is 34.9 Å². The molecule has 0 aliphatic carbocycles. The third kappa shape index (κ3) is 11.2. The summed E-state index contributed by atoms with van der Waals surface area (Å²) in [7, 11) is 0. The molecule has 0 spiro atoms. The van der Waals surface area contributed by atoms with Crippen molar-refractivity contribution in [1.82, 2.24) is 25.7 Å². The maximum atomic E-state index is 12.7. The molecule has 16 heteroatoms. The predicted octanol–water partition coefficient (Wildman–Crippen LogP) is 2.09. The summed E-state index contributed by atoms with van der Waals surface area (Å²) in [6, 6.07) is 4.39. The Bertz CT molecular complexity index is 1130. The summed E-state index contributed by atoms with van der Waals surface area (Å²) in [5.74, 6) is 0.199. The smallest absolute Gasteiger partial charge is 0.284 e. The summed E-state index contributed by atoms with van der Waals surface area (Å²) in [6.45, 7) is 2.18. The summed E-state index contributed by atoms with van der Waals surface area (Å²) in [5.41, 5.74) is 0.0805. The zero-order valence-corrected chi connectivity index (χ0v) is 25.6. The van der Waals surface area contributed by atoms with Crippen LogP contribution < -0.4 is 20.7 Å². The lowest BCUT2D eigenvalue weighted by Crippen LogP contribution is -2.48. The van der Waals surface area contributed by atoms with Crippen LogP contribution in [0.3, 0.4) is 0 Å². The first-order chi connectivity index (χ1) is 19.2. The minimum absolute atomic E-state index is 0.111. The van der Waals surface area contributed by atoms with Gasteiger partial charge in [0, 0.05) is 36.7 Å². The minimum atomic E-state index is -1.07. The lowest BCUT2D eigenvalue weighted by atomic mass is 10.2. The predicted molar refractivity (Wildman–Crippen MR) is 162 cm³/mol. The van der Waals surface area contributed by atoms with Crippen LogP contribution in [0, 0.1) is 10.1 Å². The van der Waals surface area contributed by atoms with Gasteiger partial charge in [-0.05, 0) is 49.6 Å². The van der Waals surface area contributed by atoms with Gasteiger partial charge in [0.15, 0.2) is 0 Å². The highest BCUT2D eigenvalue weighted by Crippen LogP contribution is 2.27. The van der Waals surface area contributed by atoms with E-state index in [0.29, 0.717) is 28.6 Å². The number of hydrogen-bond acceptors (Lipinski definition) is 12. The lowest BCUT2D eigenvalue weighted by molar-refractivity contribution is -0.387. The van der Waals surface area contributed by atoms with Gasteiger partial charge in [-0.1, -0.05) is 12.1 Å². The van der Waals surface area contributed by atoms with E-state index in [1.165, 1.54) is 36.1 Å². The molecule has 2 rings (SSSR count). The number of thiazole rings is 1. The van der Waals surface area contributed by atoms with Gasteiger partial charge in [-0.25, -0.2) is 9.71 Å². The normalized spacial score (nSPS) is 13.2. The van der Waals surface area contributed by atoms with Gasteiger partial charge in [-0.3, -0.25) is 24.5 Å². The molecular weight excluding hydrogens is 597 g/mol. The first-order valence-corrected chi connectivity index (χ1v) is 16.8. The average molecular weight is 631 g/mol. The van der Waals surface area contributed by atoms with Crippen LogP contribution in [0.1, 0.15) is 28.8 Å². The largest absolute Gasteiger partial charge is 0.391 e. The van der Waals surface area contributed by atoms with Crippen molar-refractivity contribution in [2.75, 3.05) is 37.1 Å². The van der Waals surface area contributed by atoms with E-state index in [1.54, 1.807) is 35.3 Å². The topological polar surface area (TPSA) is 176 Å². The Labute approximate surface area is 249 Å². The third-order valence-electron chi connectivity index (χ3n) is 5.32. The summed E-state index contributed by atoms with van der Waals surface area (Å²) in [5, 5.41) is 31.8. The number of thioether (sulfide) groups is 2. The number of carbonyl (C=O) groups excluding carboxylic acids is 3. The van der Waals surface area contributed by atoms with Gasteiger partial charge in [-0.15, -0.1) is 11.3 Å². The molecule has 1 aromatic heterocycles. The number of aliphatic hydroxyl groups excluding tert-OH is 1. The second kappa shape index (κ2) is 18.1. The van der Waals surface area contributed by atoms with Crippen molar-refractivity contribution in [3.05, 3.63) is 50.5 Å². The first kappa shape index (κ1) is 33.8. The van der Waals surface area contributed by atoms with Gasteiger partial charge in [0.25, 0.3) is 11.6 Å². The minimum Gasteiger partial charge on any atom is -0.391 e. The molecule has 0 radical (unpaired) electrons. The second-order valence-corrected chi connectivity index (χ2v) is 12.2. The third-order valence-corrected chi connectivity index (χ3v) is 8.53. The lowest BCUT2D eigenvalue weighted by Gasteiger charge is -2.20. The summed E-state index contributed by atoms with van der Waals surface area (Å²) in [4.78, 5) is 53.2. The van der Waals surface area contributed by atoms with Gasteiger partial charge < -0.3 is 21.1 Å². The molecule has 40 heavy (non-hydrogen) atoms. The van der Waals surface area contributed by atoms with E-state index in [9.17, 15) is 29.6 Å². The quantitative estimate of drug-likeness (QED) is 0.0706. The van der Waals surface area contributed by atoms with Crippen LogP contribution in [-0.2, 0) is 16.0 Å². The number of hydrogen-bond donors (Lipinski definition) is 5. The highest BCUT2D eigenvalue weighted by Gasteiger charge is 2.25. The van der Waals surface area contributed by atoms with Crippen LogP contribution in [0.25, 0.3) is 0 Å². The highest BCUT2D eigenvalue weighted by atomic mass is 32.2. The number of para-hydroxylation sites is 1. The number of nitrogens with one attached hydrogen (secondary N) is 4. The molecule has 220 valence electrons. The fourth-order valence-corrected chi connectivity index (χ4v) is 5.99. The molecule has 0 saturated heterocycles. The van der Waals surface area contributed by atoms with Gasteiger partial charge in [-0.2, -0.15) is 23.5 Å². The van der Waals surface area contributed by atoms with Gasteiger partial charge >= 0.3 is 0 Å². The molecule has 0 aliphatic rings. The number of carbonyl (C=O) groups is 3. The highest BCUT2D eigenvalue weighted by molar-refractivity contribution is 7.98. The van der Waals surface area contributed by atoms with Crippen LogP contribution in [-0.4, -0.2) is 88.0 Å². The summed E-state index contributed by atoms with van der Waals surface area (Å²) >= 11 is 5.31. The number of rotatable bonds is 18. The molecule has 0 saturated carbocycles. The number of benzene rings is 1. The number of nitro groups is 1. The number of nitrogens with zero attached hydrogens (tertiary/aromatic N) is 2. The van der Waals surface area contributed by atoms with E-state index in [2.05, 4.69) is 25.7 Å². The molecule has 0 bridgehead atoms. The van der Waals surface area contributed by atoms with Crippen molar-refractivity contribution in [2.24, 2.45) is 0 Å². The van der Waals surface area contributed by atoms with Crippen LogP contribution in [0.15, 0.2) is 34.5 Å². The molecule has 0 aliphatic heterocycles. The zero-order chi connectivity index (χ0) is 29.5. The average Bonchev–Trinajstić information content (AvgIpc) is 3.40. The van der Waals surface area contributed by atoms with Crippen molar-refractivity contribution in [3.63, 3.8) is 0 Å².